The molecule has 0 radical (unpaired) electrons. The van der Waals surface area contributed by atoms with Crippen LogP contribution < -0.4 is 5.73 Å². The fourth-order valence-corrected chi connectivity index (χ4v) is 2.80. The van der Waals surface area contributed by atoms with E-state index in [4.69, 9.17) is 35.4 Å². The zero-order valence-electron chi connectivity index (χ0n) is 13.2. The van der Waals surface area contributed by atoms with Crippen LogP contribution in [0.15, 0.2) is 29.8 Å². The third kappa shape index (κ3) is 4.00. The molecule has 0 bridgehead atoms. The molecule has 1 aromatic heterocycles. The number of aliphatic imine (C=N–C) groups is 1. The second-order valence-electron chi connectivity index (χ2n) is 5.26. The number of hydrogen-bond acceptors (Lipinski definition) is 3. The second-order valence-corrected chi connectivity index (χ2v) is 6.10. The average Bonchev–Trinajstić information content (AvgIpc) is 2.89. The Balaban J connectivity index is 2.47. The molecule has 124 valence electrons. The van der Waals surface area contributed by atoms with Crippen LogP contribution in [0.5, 0.6) is 0 Å². The number of hydrogen-bond donors (Lipinski definition) is 1. The summed E-state index contributed by atoms with van der Waals surface area (Å²) in [4.78, 5) is 8.65. The first-order valence-corrected chi connectivity index (χ1v) is 8.11. The summed E-state index contributed by atoms with van der Waals surface area (Å²) in [6, 6.07) is 5.33. The molecule has 1 aromatic carbocycles. The van der Waals surface area contributed by atoms with Crippen LogP contribution in [0.1, 0.15) is 29.9 Å². The molecule has 0 unspecified atom stereocenters. The largest absolute Gasteiger partial charge is 0.397 e. The van der Waals surface area contributed by atoms with Crippen LogP contribution in [-0.4, -0.2) is 16.3 Å². The number of benzene rings is 1. The Hall–Kier alpha value is -2.22. The normalized spacial score (nSPS) is 10.4. The highest BCUT2D eigenvalue weighted by atomic mass is 35.5. The van der Waals surface area contributed by atoms with Gasteiger partial charge in [-0.15, -0.1) is 12.3 Å². The van der Waals surface area contributed by atoms with Crippen LogP contribution in [-0.2, 0) is 13.0 Å². The molecule has 0 saturated carbocycles. The number of rotatable bonds is 7. The molecule has 2 aromatic rings. The third-order valence-electron chi connectivity index (χ3n) is 3.53. The first-order valence-electron chi connectivity index (χ1n) is 7.36. The summed E-state index contributed by atoms with van der Waals surface area (Å²) in [5.41, 5.74) is 7.58. The van der Waals surface area contributed by atoms with Gasteiger partial charge in [0.05, 0.1) is 5.70 Å². The van der Waals surface area contributed by atoms with E-state index < -0.39 is 0 Å². The van der Waals surface area contributed by atoms with Crippen molar-refractivity contribution >= 4 is 41.4 Å². The van der Waals surface area contributed by atoms with E-state index in [1.165, 1.54) is 0 Å². The van der Waals surface area contributed by atoms with Crippen molar-refractivity contribution in [3.63, 3.8) is 0 Å². The van der Waals surface area contributed by atoms with Gasteiger partial charge in [0.1, 0.15) is 11.5 Å². The van der Waals surface area contributed by atoms with E-state index in [9.17, 15) is 0 Å². The van der Waals surface area contributed by atoms with Crippen LogP contribution in [0.2, 0.25) is 10.0 Å². The highest BCUT2D eigenvalue weighted by Crippen LogP contribution is 2.29. The molecule has 2 rings (SSSR count). The summed E-state index contributed by atoms with van der Waals surface area (Å²) >= 11 is 12.3. The highest BCUT2D eigenvalue weighted by molar-refractivity contribution is 6.33. The number of unbranched alkanes of at least 4 members (excludes halogenated alkanes) is 1. The van der Waals surface area contributed by atoms with Gasteiger partial charge in [-0.05, 0) is 36.9 Å². The molecule has 24 heavy (non-hydrogen) atoms. The minimum absolute atomic E-state index is 0.339. The highest BCUT2D eigenvalue weighted by Gasteiger charge is 2.18. The number of nitrogens with zero attached hydrogens (tertiary/aromatic N) is 3. The first kappa shape index (κ1) is 18.1. The predicted molar refractivity (Wildman–Crippen MR) is 102 cm³/mol. The number of halogens is 2. The molecule has 6 heteroatoms. The smallest absolute Gasteiger partial charge is 0.161 e. The van der Waals surface area contributed by atoms with Crippen LogP contribution in [0.3, 0.4) is 0 Å². The lowest BCUT2D eigenvalue weighted by Crippen LogP contribution is -2.05. The minimum atomic E-state index is 0.339. The van der Waals surface area contributed by atoms with Gasteiger partial charge in [-0.1, -0.05) is 29.8 Å². The molecule has 0 atom stereocenters. The van der Waals surface area contributed by atoms with Crippen molar-refractivity contribution in [2.45, 2.75) is 25.8 Å². The summed E-state index contributed by atoms with van der Waals surface area (Å²) < 4.78 is 1.95. The molecule has 0 aliphatic heterocycles. The average molecular weight is 361 g/mol. The Morgan fingerprint density at radius 1 is 1.42 bits per heavy atom. The van der Waals surface area contributed by atoms with Crippen molar-refractivity contribution in [1.29, 1.82) is 0 Å². The Bertz CT molecular complexity index is 815. The van der Waals surface area contributed by atoms with Gasteiger partial charge in [-0.25, -0.2) is 9.98 Å². The van der Waals surface area contributed by atoms with Gasteiger partial charge in [0.15, 0.2) is 5.82 Å². The van der Waals surface area contributed by atoms with E-state index in [0.717, 1.165) is 17.8 Å². The zero-order chi connectivity index (χ0) is 17.7. The van der Waals surface area contributed by atoms with Gasteiger partial charge in [0.2, 0.25) is 0 Å². The van der Waals surface area contributed by atoms with E-state index in [0.29, 0.717) is 46.6 Å². The van der Waals surface area contributed by atoms with E-state index in [-0.39, 0.29) is 0 Å². The molecular formula is C18H18Cl2N4. The fourth-order valence-electron chi connectivity index (χ4n) is 2.42. The van der Waals surface area contributed by atoms with Crippen molar-refractivity contribution in [3.8, 4) is 12.3 Å². The summed E-state index contributed by atoms with van der Waals surface area (Å²) in [6.45, 7) is 8.04. The Labute approximate surface area is 152 Å². The van der Waals surface area contributed by atoms with E-state index in [1.54, 1.807) is 12.1 Å². The van der Waals surface area contributed by atoms with Crippen LogP contribution in [0.25, 0.3) is 5.70 Å². The molecule has 2 N–H and O–H groups in total. The third-order valence-corrected chi connectivity index (χ3v) is 4.14. The first-order chi connectivity index (χ1) is 11.5. The maximum absolute atomic E-state index is 6.27. The van der Waals surface area contributed by atoms with Crippen molar-refractivity contribution in [3.05, 3.63) is 51.9 Å². The van der Waals surface area contributed by atoms with Gasteiger partial charge in [-0.2, -0.15) is 0 Å². The topological polar surface area (TPSA) is 56.2 Å². The summed E-state index contributed by atoms with van der Waals surface area (Å²) in [7, 11) is 0. The van der Waals surface area contributed by atoms with Crippen molar-refractivity contribution in [2.24, 2.45) is 10.7 Å². The van der Waals surface area contributed by atoms with E-state index in [2.05, 4.69) is 29.2 Å². The van der Waals surface area contributed by atoms with Gasteiger partial charge >= 0.3 is 0 Å². The van der Waals surface area contributed by atoms with Crippen molar-refractivity contribution < 1.29 is 0 Å². The van der Waals surface area contributed by atoms with Crippen LogP contribution in [0.4, 0.5) is 5.82 Å². The van der Waals surface area contributed by atoms with Crippen molar-refractivity contribution in [1.82, 2.24) is 9.55 Å². The Morgan fingerprint density at radius 2 is 2.17 bits per heavy atom. The lowest BCUT2D eigenvalue weighted by atomic mass is 10.1. The predicted octanol–water partition coefficient (Wildman–Crippen LogP) is 4.46. The number of imidazole rings is 1. The number of aromatic nitrogens is 2. The number of nitrogens with two attached hydrogens (primary N) is 1. The maximum Gasteiger partial charge on any atom is 0.161 e. The molecule has 4 nitrogen and oxygen atoms in total. The molecule has 0 aliphatic carbocycles. The molecule has 0 saturated heterocycles. The van der Waals surface area contributed by atoms with E-state index >= 15 is 0 Å². The quantitative estimate of drug-likeness (QED) is 0.450. The van der Waals surface area contributed by atoms with Gasteiger partial charge in [0.25, 0.3) is 0 Å². The fraction of sp³-hybridized carbons (Fsp3) is 0.222. The Morgan fingerprint density at radius 3 is 2.79 bits per heavy atom. The SMILES string of the molecule is C#CCCCn1c(Cc2cc(Cl)ccc2Cl)nc(C(=C)N)c1N=C. The number of terminal acetylenes is 1. The van der Waals surface area contributed by atoms with Gasteiger partial charge in [0, 0.05) is 29.4 Å². The Kier molecular flexibility index (Phi) is 6.08. The van der Waals surface area contributed by atoms with E-state index in [1.807, 2.05) is 10.6 Å². The van der Waals surface area contributed by atoms with Crippen LogP contribution >= 0.6 is 23.2 Å². The van der Waals surface area contributed by atoms with Crippen molar-refractivity contribution in [2.75, 3.05) is 0 Å². The summed E-state index contributed by atoms with van der Waals surface area (Å²) in [5, 5.41) is 1.24. The molecule has 0 amide bonds. The lowest BCUT2D eigenvalue weighted by molar-refractivity contribution is 0.631. The maximum atomic E-state index is 6.27. The molecule has 0 aliphatic rings. The molecular weight excluding hydrogens is 343 g/mol. The van der Waals surface area contributed by atoms with Crippen LogP contribution in [0, 0.1) is 12.3 Å². The summed E-state index contributed by atoms with van der Waals surface area (Å²) in [6.07, 6.45) is 7.28. The zero-order valence-corrected chi connectivity index (χ0v) is 14.7. The van der Waals surface area contributed by atoms with Gasteiger partial charge < -0.3 is 10.3 Å². The summed E-state index contributed by atoms with van der Waals surface area (Å²) in [5.74, 6) is 3.98. The lowest BCUT2D eigenvalue weighted by Gasteiger charge is -2.10. The second kappa shape index (κ2) is 8.05. The monoisotopic (exact) mass is 360 g/mol. The standard InChI is InChI=1S/C18H18Cl2N4/c1-4-5-6-9-24-16(23-17(12(2)21)18(24)22-3)11-13-10-14(19)7-8-15(13)20/h1,7-8,10H,2-3,5-6,9,11,21H2. The van der Waals surface area contributed by atoms with Gasteiger partial charge in [-0.3, -0.25) is 0 Å². The molecule has 1 heterocycles. The molecule has 0 fully saturated rings. The minimum Gasteiger partial charge on any atom is -0.397 e. The molecule has 0 spiro atoms.